The second kappa shape index (κ2) is 8.48. The lowest BCUT2D eigenvalue weighted by Gasteiger charge is -2.17. The van der Waals surface area contributed by atoms with E-state index in [1.807, 2.05) is 37.4 Å². The van der Waals surface area contributed by atoms with Crippen LogP contribution < -0.4 is 10.1 Å². The van der Waals surface area contributed by atoms with E-state index in [4.69, 9.17) is 4.74 Å². The largest absolute Gasteiger partial charge is 0.494 e. The van der Waals surface area contributed by atoms with Gasteiger partial charge in [0.15, 0.2) is 0 Å². The highest BCUT2D eigenvalue weighted by Crippen LogP contribution is 2.18. The average molecular weight is 283 g/mol. The van der Waals surface area contributed by atoms with Crippen molar-refractivity contribution in [2.75, 3.05) is 13.7 Å². The topological polar surface area (TPSA) is 21.3 Å². The van der Waals surface area contributed by atoms with Gasteiger partial charge in [0.05, 0.1) is 6.61 Å². The lowest BCUT2D eigenvalue weighted by Crippen LogP contribution is -2.19. The summed E-state index contributed by atoms with van der Waals surface area (Å²) in [5.74, 6) is 0.936. The SMILES string of the molecule is CCCc1ccc(C(CCOc2ccccc2)NC)cc1. The molecule has 2 aromatic rings. The average Bonchev–Trinajstić information content (AvgIpc) is 2.54. The first-order valence-corrected chi connectivity index (χ1v) is 7.77. The number of rotatable bonds is 8. The summed E-state index contributed by atoms with van der Waals surface area (Å²) < 4.78 is 5.78. The first-order chi connectivity index (χ1) is 10.3. The van der Waals surface area contributed by atoms with Crippen molar-refractivity contribution < 1.29 is 4.74 Å². The maximum absolute atomic E-state index is 5.78. The third-order valence-corrected chi connectivity index (χ3v) is 3.69. The Morgan fingerprint density at radius 3 is 2.33 bits per heavy atom. The van der Waals surface area contributed by atoms with Gasteiger partial charge in [0, 0.05) is 12.5 Å². The number of nitrogens with one attached hydrogen (secondary N) is 1. The Morgan fingerprint density at radius 2 is 1.71 bits per heavy atom. The molecule has 0 spiro atoms. The van der Waals surface area contributed by atoms with Crippen LogP contribution in [-0.2, 0) is 6.42 Å². The highest BCUT2D eigenvalue weighted by molar-refractivity contribution is 5.25. The van der Waals surface area contributed by atoms with Gasteiger partial charge >= 0.3 is 0 Å². The van der Waals surface area contributed by atoms with Gasteiger partial charge in [0.1, 0.15) is 5.75 Å². The van der Waals surface area contributed by atoms with Crippen LogP contribution in [0, 0.1) is 0 Å². The van der Waals surface area contributed by atoms with Gasteiger partial charge in [-0.2, -0.15) is 0 Å². The third-order valence-electron chi connectivity index (χ3n) is 3.69. The van der Waals surface area contributed by atoms with Crippen molar-refractivity contribution in [1.29, 1.82) is 0 Å². The summed E-state index contributed by atoms with van der Waals surface area (Å²) in [5, 5.41) is 3.38. The van der Waals surface area contributed by atoms with E-state index in [9.17, 15) is 0 Å². The molecule has 1 N–H and O–H groups in total. The Labute approximate surface area is 128 Å². The highest BCUT2D eigenvalue weighted by atomic mass is 16.5. The van der Waals surface area contributed by atoms with Gasteiger partial charge in [-0.05, 0) is 36.7 Å². The molecule has 0 aliphatic carbocycles. The van der Waals surface area contributed by atoms with Crippen LogP contribution in [0.15, 0.2) is 54.6 Å². The number of benzene rings is 2. The van der Waals surface area contributed by atoms with Crippen molar-refractivity contribution in [3.63, 3.8) is 0 Å². The molecular formula is C19H25NO. The molecule has 0 aromatic heterocycles. The van der Waals surface area contributed by atoms with E-state index < -0.39 is 0 Å². The van der Waals surface area contributed by atoms with Crippen LogP contribution in [0.5, 0.6) is 5.75 Å². The first kappa shape index (κ1) is 15.6. The fraction of sp³-hybridized carbons (Fsp3) is 0.368. The van der Waals surface area contributed by atoms with E-state index in [-0.39, 0.29) is 0 Å². The summed E-state index contributed by atoms with van der Waals surface area (Å²) in [7, 11) is 2.01. The predicted molar refractivity (Wildman–Crippen MR) is 88.8 cm³/mol. The summed E-state index contributed by atoms with van der Waals surface area (Å²) in [6, 6.07) is 19.3. The van der Waals surface area contributed by atoms with E-state index in [2.05, 4.69) is 36.5 Å². The quantitative estimate of drug-likeness (QED) is 0.777. The van der Waals surface area contributed by atoms with E-state index in [0.717, 1.165) is 18.6 Å². The molecule has 2 nitrogen and oxygen atoms in total. The van der Waals surface area contributed by atoms with Gasteiger partial charge in [-0.1, -0.05) is 55.8 Å². The number of hydrogen-bond donors (Lipinski definition) is 1. The molecule has 0 saturated carbocycles. The zero-order chi connectivity index (χ0) is 14.9. The third kappa shape index (κ3) is 4.91. The van der Waals surface area contributed by atoms with Crippen LogP contribution in [0.25, 0.3) is 0 Å². The first-order valence-electron chi connectivity index (χ1n) is 7.77. The summed E-state index contributed by atoms with van der Waals surface area (Å²) in [4.78, 5) is 0. The zero-order valence-corrected chi connectivity index (χ0v) is 13.0. The molecule has 21 heavy (non-hydrogen) atoms. The minimum absolute atomic E-state index is 0.337. The molecule has 2 rings (SSSR count). The molecule has 0 saturated heterocycles. The van der Waals surface area contributed by atoms with Crippen LogP contribution in [-0.4, -0.2) is 13.7 Å². The lowest BCUT2D eigenvalue weighted by molar-refractivity contribution is 0.290. The van der Waals surface area contributed by atoms with Crippen LogP contribution in [0.1, 0.15) is 36.9 Å². The summed E-state index contributed by atoms with van der Waals surface area (Å²) in [6.07, 6.45) is 3.31. The van der Waals surface area contributed by atoms with Gasteiger partial charge in [-0.15, -0.1) is 0 Å². The second-order valence-electron chi connectivity index (χ2n) is 5.28. The second-order valence-corrected chi connectivity index (χ2v) is 5.28. The Balaban J connectivity index is 1.87. The molecule has 0 fully saturated rings. The summed E-state index contributed by atoms with van der Waals surface area (Å²) >= 11 is 0. The molecule has 0 heterocycles. The minimum atomic E-state index is 0.337. The predicted octanol–water partition coefficient (Wildman–Crippen LogP) is 4.37. The number of ether oxygens (including phenoxy) is 1. The summed E-state index contributed by atoms with van der Waals surface area (Å²) in [5.41, 5.74) is 2.74. The Morgan fingerprint density at radius 1 is 1.00 bits per heavy atom. The monoisotopic (exact) mass is 283 g/mol. The fourth-order valence-electron chi connectivity index (χ4n) is 2.49. The standard InChI is InChI=1S/C19H25NO/c1-3-7-16-10-12-17(13-11-16)19(20-2)14-15-21-18-8-5-4-6-9-18/h4-6,8-13,19-20H,3,7,14-15H2,1-2H3. The van der Waals surface area contributed by atoms with E-state index in [1.165, 1.54) is 17.5 Å². The molecule has 1 atom stereocenters. The molecule has 112 valence electrons. The smallest absolute Gasteiger partial charge is 0.119 e. The maximum Gasteiger partial charge on any atom is 0.119 e. The lowest BCUT2D eigenvalue weighted by atomic mass is 10.0. The van der Waals surface area contributed by atoms with E-state index >= 15 is 0 Å². The maximum atomic E-state index is 5.78. The Bertz CT molecular complexity index is 507. The molecule has 2 aromatic carbocycles. The van der Waals surface area contributed by atoms with Crippen LogP contribution >= 0.6 is 0 Å². The zero-order valence-electron chi connectivity index (χ0n) is 13.0. The summed E-state index contributed by atoms with van der Waals surface area (Å²) in [6.45, 7) is 2.93. The van der Waals surface area contributed by atoms with Crippen molar-refractivity contribution in [2.24, 2.45) is 0 Å². The van der Waals surface area contributed by atoms with Gasteiger partial charge in [0.2, 0.25) is 0 Å². The molecule has 0 radical (unpaired) electrons. The molecule has 0 aliphatic heterocycles. The number of hydrogen-bond acceptors (Lipinski definition) is 2. The van der Waals surface area contributed by atoms with Crippen LogP contribution in [0.3, 0.4) is 0 Å². The van der Waals surface area contributed by atoms with E-state index in [0.29, 0.717) is 12.6 Å². The minimum Gasteiger partial charge on any atom is -0.494 e. The highest BCUT2D eigenvalue weighted by Gasteiger charge is 2.09. The molecule has 0 amide bonds. The van der Waals surface area contributed by atoms with Crippen molar-refractivity contribution >= 4 is 0 Å². The van der Waals surface area contributed by atoms with Gasteiger partial charge in [0.25, 0.3) is 0 Å². The van der Waals surface area contributed by atoms with Gasteiger partial charge in [-0.3, -0.25) is 0 Å². The molecule has 1 unspecified atom stereocenters. The molecule has 2 heteroatoms. The molecular weight excluding hydrogens is 258 g/mol. The Kier molecular flexibility index (Phi) is 6.29. The van der Waals surface area contributed by atoms with Crippen molar-refractivity contribution in [2.45, 2.75) is 32.2 Å². The van der Waals surface area contributed by atoms with Gasteiger partial charge < -0.3 is 10.1 Å². The molecule has 0 bridgehead atoms. The Hall–Kier alpha value is -1.80. The van der Waals surface area contributed by atoms with Crippen molar-refractivity contribution in [1.82, 2.24) is 5.32 Å². The van der Waals surface area contributed by atoms with Crippen LogP contribution in [0.4, 0.5) is 0 Å². The molecule has 0 aliphatic rings. The fourth-order valence-corrected chi connectivity index (χ4v) is 2.49. The normalized spacial score (nSPS) is 12.1. The number of aryl methyl sites for hydroxylation is 1. The van der Waals surface area contributed by atoms with Crippen molar-refractivity contribution in [3.8, 4) is 5.75 Å². The van der Waals surface area contributed by atoms with E-state index in [1.54, 1.807) is 0 Å². The van der Waals surface area contributed by atoms with Gasteiger partial charge in [-0.25, -0.2) is 0 Å². The van der Waals surface area contributed by atoms with Crippen LogP contribution in [0.2, 0.25) is 0 Å². The van der Waals surface area contributed by atoms with Crippen molar-refractivity contribution in [3.05, 3.63) is 65.7 Å². The number of para-hydroxylation sites is 1.